The standard InChI is InChI=1S/C14H13N3/c1-10-7-13(5-6-14(10)16)17-12-4-2-3-11(8-12)9-15/h2-8,17H,16H2,1H3. The molecule has 0 spiro atoms. The fraction of sp³-hybridized carbons (Fsp3) is 0.0714. The number of nitrogens with one attached hydrogen (secondary N) is 1. The monoisotopic (exact) mass is 223 g/mol. The van der Waals surface area contributed by atoms with E-state index in [0.29, 0.717) is 5.56 Å². The number of anilines is 3. The molecule has 2 rings (SSSR count). The number of nitrogens with two attached hydrogens (primary N) is 1. The van der Waals surface area contributed by atoms with Crippen LogP contribution in [0.15, 0.2) is 42.5 Å². The highest BCUT2D eigenvalue weighted by molar-refractivity contribution is 5.65. The van der Waals surface area contributed by atoms with Crippen molar-refractivity contribution in [1.82, 2.24) is 0 Å². The van der Waals surface area contributed by atoms with Crippen molar-refractivity contribution in [1.29, 1.82) is 5.26 Å². The summed E-state index contributed by atoms with van der Waals surface area (Å²) in [7, 11) is 0. The first-order valence-corrected chi connectivity index (χ1v) is 5.32. The molecule has 84 valence electrons. The average Bonchev–Trinajstić information content (AvgIpc) is 2.34. The summed E-state index contributed by atoms with van der Waals surface area (Å²) in [6.45, 7) is 1.96. The fourth-order valence-electron chi connectivity index (χ4n) is 1.59. The van der Waals surface area contributed by atoms with Gasteiger partial charge in [0.25, 0.3) is 0 Å². The third-order valence-corrected chi connectivity index (χ3v) is 2.55. The summed E-state index contributed by atoms with van der Waals surface area (Å²) >= 11 is 0. The van der Waals surface area contributed by atoms with E-state index in [9.17, 15) is 0 Å². The molecule has 0 unspecified atom stereocenters. The minimum atomic E-state index is 0.641. The number of hydrogen-bond donors (Lipinski definition) is 2. The first kappa shape index (κ1) is 11.0. The Morgan fingerprint density at radius 1 is 1.12 bits per heavy atom. The van der Waals surface area contributed by atoms with E-state index in [1.54, 1.807) is 6.07 Å². The van der Waals surface area contributed by atoms with Gasteiger partial charge in [0.15, 0.2) is 0 Å². The maximum Gasteiger partial charge on any atom is 0.0992 e. The van der Waals surface area contributed by atoms with Gasteiger partial charge in [0, 0.05) is 17.1 Å². The second-order valence-electron chi connectivity index (χ2n) is 3.89. The molecule has 0 aliphatic heterocycles. The zero-order valence-electron chi connectivity index (χ0n) is 9.57. The molecule has 0 saturated heterocycles. The van der Waals surface area contributed by atoms with E-state index in [2.05, 4.69) is 11.4 Å². The number of nitrogen functional groups attached to an aromatic ring is 1. The van der Waals surface area contributed by atoms with Gasteiger partial charge < -0.3 is 11.1 Å². The zero-order chi connectivity index (χ0) is 12.3. The zero-order valence-corrected chi connectivity index (χ0v) is 9.57. The van der Waals surface area contributed by atoms with Crippen LogP contribution in [0.25, 0.3) is 0 Å². The predicted octanol–water partition coefficient (Wildman–Crippen LogP) is 3.19. The van der Waals surface area contributed by atoms with Crippen molar-refractivity contribution in [2.24, 2.45) is 0 Å². The van der Waals surface area contributed by atoms with E-state index < -0.39 is 0 Å². The van der Waals surface area contributed by atoms with Crippen LogP contribution in [-0.2, 0) is 0 Å². The van der Waals surface area contributed by atoms with Crippen LogP contribution in [0.3, 0.4) is 0 Å². The Balaban J connectivity index is 2.25. The molecule has 2 aromatic rings. The number of rotatable bonds is 2. The van der Waals surface area contributed by atoms with Crippen molar-refractivity contribution in [2.45, 2.75) is 6.92 Å². The number of hydrogen-bond acceptors (Lipinski definition) is 3. The molecular weight excluding hydrogens is 210 g/mol. The maximum absolute atomic E-state index is 8.81. The molecule has 0 radical (unpaired) electrons. The van der Waals surface area contributed by atoms with Crippen LogP contribution in [0, 0.1) is 18.3 Å². The van der Waals surface area contributed by atoms with E-state index in [-0.39, 0.29) is 0 Å². The third kappa shape index (κ3) is 2.56. The molecule has 0 fully saturated rings. The van der Waals surface area contributed by atoms with E-state index in [0.717, 1.165) is 22.6 Å². The lowest BCUT2D eigenvalue weighted by molar-refractivity contribution is 1.44. The van der Waals surface area contributed by atoms with Gasteiger partial charge in [-0.25, -0.2) is 0 Å². The van der Waals surface area contributed by atoms with Crippen LogP contribution in [-0.4, -0.2) is 0 Å². The Kier molecular flexibility index (Phi) is 2.97. The smallest absolute Gasteiger partial charge is 0.0992 e. The van der Waals surface area contributed by atoms with E-state index in [4.69, 9.17) is 11.0 Å². The minimum absolute atomic E-state index is 0.641. The SMILES string of the molecule is Cc1cc(Nc2cccc(C#N)c2)ccc1N. The maximum atomic E-state index is 8.81. The molecule has 0 aliphatic carbocycles. The van der Waals surface area contributed by atoms with Crippen LogP contribution in [0.1, 0.15) is 11.1 Å². The quantitative estimate of drug-likeness (QED) is 0.768. The molecule has 17 heavy (non-hydrogen) atoms. The van der Waals surface area contributed by atoms with E-state index >= 15 is 0 Å². The Labute approximate surface area is 101 Å². The largest absolute Gasteiger partial charge is 0.399 e. The second kappa shape index (κ2) is 4.58. The van der Waals surface area contributed by atoms with E-state index in [1.807, 2.05) is 43.3 Å². The van der Waals surface area contributed by atoms with Gasteiger partial charge in [-0.05, 0) is 48.9 Å². The lowest BCUT2D eigenvalue weighted by Gasteiger charge is -2.08. The fourth-order valence-corrected chi connectivity index (χ4v) is 1.59. The molecule has 0 atom stereocenters. The van der Waals surface area contributed by atoms with E-state index in [1.165, 1.54) is 0 Å². The summed E-state index contributed by atoms with van der Waals surface area (Å²) in [6, 6.07) is 15.2. The van der Waals surface area contributed by atoms with Gasteiger partial charge in [-0.1, -0.05) is 6.07 Å². The highest BCUT2D eigenvalue weighted by Crippen LogP contribution is 2.21. The highest BCUT2D eigenvalue weighted by atomic mass is 14.9. The average molecular weight is 223 g/mol. The summed E-state index contributed by atoms with van der Waals surface area (Å²) in [5, 5.41) is 12.1. The molecule has 0 aromatic heterocycles. The Morgan fingerprint density at radius 2 is 1.88 bits per heavy atom. The van der Waals surface area contributed by atoms with Gasteiger partial charge in [-0.2, -0.15) is 5.26 Å². The van der Waals surface area contributed by atoms with Gasteiger partial charge in [0.05, 0.1) is 11.6 Å². The number of nitrogens with zero attached hydrogens (tertiary/aromatic N) is 1. The Morgan fingerprint density at radius 3 is 2.59 bits per heavy atom. The van der Waals surface area contributed by atoms with Crippen LogP contribution in [0.5, 0.6) is 0 Å². The lowest BCUT2D eigenvalue weighted by atomic mass is 10.1. The summed E-state index contributed by atoms with van der Waals surface area (Å²) in [6.07, 6.45) is 0. The normalized spacial score (nSPS) is 9.65. The molecule has 0 heterocycles. The van der Waals surface area contributed by atoms with Gasteiger partial charge in [-0.15, -0.1) is 0 Å². The topological polar surface area (TPSA) is 61.8 Å². The molecule has 0 aliphatic rings. The van der Waals surface area contributed by atoms with Gasteiger partial charge in [0.2, 0.25) is 0 Å². The number of nitriles is 1. The van der Waals surface area contributed by atoms with Crippen molar-refractivity contribution < 1.29 is 0 Å². The predicted molar refractivity (Wildman–Crippen MR) is 70.0 cm³/mol. The molecule has 3 nitrogen and oxygen atoms in total. The van der Waals surface area contributed by atoms with Crippen molar-refractivity contribution in [3.8, 4) is 6.07 Å². The summed E-state index contributed by atoms with van der Waals surface area (Å²) in [5.41, 5.74) is 10.1. The minimum Gasteiger partial charge on any atom is -0.399 e. The molecule has 0 bridgehead atoms. The Hall–Kier alpha value is -2.47. The number of aryl methyl sites for hydroxylation is 1. The third-order valence-electron chi connectivity index (χ3n) is 2.55. The van der Waals surface area contributed by atoms with Crippen molar-refractivity contribution in [2.75, 3.05) is 11.1 Å². The van der Waals surface area contributed by atoms with Gasteiger partial charge in [0.1, 0.15) is 0 Å². The summed E-state index contributed by atoms with van der Waals surface area (Å²) in [4.78, 5) is 0. The van der Waals surface area contributed by atoms with Crippen molar-refractivity contribution in [3.05, 3.63) is 53.6 Å². The molecule has 2 aromatic carbocycles. The van der Waals surface area contributed by atoms with Crippen LogP contribution < -0.4 is 11.1 Å². The highest BCUT2D eigenvalue weighted by Gasteiger charge is 1.98. The second-order valence-corrected chi connectivity index (χ2v) is 3.89. The molecule has 3 heteroatoms. The molecule has 3 N–H and O–H groups in total. The number of benzene rings is 2. The molecule has 0 saturated carbocycles. The van der Waals surface area contributed by atoms with Crippen LogP contribution in [0.2, 0.25) is 0 Å². The summed E-state index contributed by atoms with van der Waals surface area (Å²) in [5.74, 6) is 0. The lowest BCUT2D eigenvalue weighted by Crippen LogP contribution is -1.94. The van der Waals surface area contributed by atoms with Crippen molar-refractivity contribution in [3.63, 3.8) is 0 Å². The Bertz CT molecular complexity index is 582. The van der Waals surface area contributed by atoms with Crippen LogP contribution >= 0.6 is 0 Å². The summed E-state index contributed by atoms with van der Waals surface area (Å²) < 4.78 is 0. The van der Waals surface area contributed by atoms with Crippen LogP contribution in [0.4, 0.5) is 17.1 Å². The first-order valence-electron chi connectivity index (χ1n) is 5.32. The van der Waals surface area contributed by atoms with Crippen molar-refractivity contribution >= 4 is 17.1 Å². The van der Waals surface area contributed by atoms with Gasteiger partial charge >= 0.3 is 0 Å². The van der Waals surface area contributed by atoms with Gasteiger partial charge in [-0.3, -0.25) is 0 Å². The molecule has 0 amide bonds. The first-order chi connectivity index (χ1) is 8.19. The molecular formula is C14H13N3.